The van der Waals surface area contributed by atoms with Crippen molar-refractivity contribution in [2.75, 3.05) is 14.1 Å². The lowest BCUT2D eigenvalue weighted by atomic mass is 9.97. The Hall–Kier alpha value is -0.340. The molecule has 0 heterocycles. The molecule has 0 fully saturated rings. The van der Waals surface area contributed by atoms with Crippen LogP contribution in [0.15, 0.2) is 30.3 Å². The summed E-state index contributed by atoms with van der Waals surface area (Å²) in [6, 6.07) is 11.9. The van der Waals surface area contributed by atoms with Gasteiger partial charge in [0.1, 0.15) is 6.54 Å². The Morgan fingerprint density at radius 1 is 0.667 bits per heavy atom. The maximum absolute atomic E-state index is 2.46. The van der Waals surface area contributed by atoms with Gasteiger partial charge in [0.05, 0.1) is 20.1 Å². The second-order valence-electron chi connectivity index (χ2n) is 8.84. The van der Waals surface area contributed by atoms with E-state index in [1.54, 1.807) is 0 Å². The van der Waals surface area contributed by atoms with Crippen LogP contribution in [0.3, 0.4) is 0 Å². The van der Waals surface area contributed by atoms with Gasteiger partial charge in [-0.25, -0.2) is 0 Å². The van der Waals surface area contributed by atoms with Crippen LogP contribution in [-0.4, -0.2) is 24.6 Å². The molecule has 158 valence electrons. The molecule has 0 aliphatic rings. The van der Waals surface area contributed by atoms with E-state index in [9.17, 15) is 0 Å². The van der Waals surface area contributed by atoms with Crippen molar-refractivity contribution >= 4 is 0 Å². The van der Waals surface area contributed by atoms with E-state index in [1.165, 1.54) is 89.0 Å². The van der Waals surface area contributed by atoms with Gasteiger partial charge in [0.15, 0.2) is 0 Å². The Kier molecular flexibility index (Phi) is 16.4. The largest absolute Gasteiger partial charge is 1.00 e. The zero-order valence-electron chi connectivity index (χ0n) is 18.7. The van der Waals surface area contributed by atoms with Gasteiger partial charge in [-0.05, 0) is 25.7 Å². The maximum atomic E-state index is 2.46. The molecule has 0 aromatic heterocycles. The summed E-state index contributed by atoms with van der Waals surface area (Å²) in [7, 11) is 4.91. The Bertz CT molecular complexity index is 429. The van der Waals surface area contributed by atoms with Gasteiger partial charge in [-0.15, -0.1) is 0 Å². The molecule has 0 aliphatic heterocycles. The summed E-state index contributed by atoms with van der Waals surface area (Å²) >= 11 is 0. The molecule has 0 amide bonds. The minimum Gasteiger partial charge on any atom is -1.00 e. The minimum atomic E-state index is 0. The fourth-order valence-electron chi connectivity index (χ4n) is 4.17. The third-order valence-electron chi connectivity index (χ3n) is 5.95. The van der Waals surface area contributed by atoms with E-state index in [4.69, 9.17) is 0 Å². The molecule has 0 N–H and O–H groups in total. The number of halogens is 1. The first kappa shape index (κ1) is 26.7. The molecule has 1 rings (SSSR count). The van der Waals surface area contributed by atoms with E-state index in [0.717, 1.165) is 17.1 Å². The SMILES string of the molecule is CCCCCCCCCC(CCCCCC)[N+](C)(C)Cc1ccccc1.[Br-]. The van der Waals surface area contributed by atoms with Crippen LogP contribution in [0.25, 0.3) is 0 Å². The number of hydrogen-bond donors (Lipinski definition) is 0. The monoisotopic (exact) mass is 439 g/mol. The molecule has 2 heteroatoms. The van der Waals surface area contributed by atoms with Crippen molar-refractivity contribution in [3.63, 3.8) is 0 Å². The van der Waals surface area contributed by atoms with Gasteiger partial charge < -0.3 is 21.5 Å². The predicted molar refractivity (Wildman–Crippen MR) is 117 cm³/mol. The van der Waals surface area contributed by atoms with Crippen LogP contribution in [0, 0.1) is 0 Å². The van der Waals surface area contributed by atoms with Crippen molar-refractivity contribution in [3.05, 3.63) is 35.9 Å². The second kappa shape index (κ2) is 16.6. The van der Waals surface area contributed by atoms with Crippen LogP contribution >= 0.6 is 0 Å². The first-order chi connectivity index (χ1) is 12.6. The highest BCUT2D eigenvalue weighted by atomic mass is 79.9. The van der Waals surface area contributed by atoms with Gasteiger partial charge in [0.2, 0.25) is 0 Å². The van der Waals surface area contributed by atoms with E-state index in [2.05, 4.69) is 58.3 Å². The van der Waals surface area contributed by atoms with Crippen molar-refractivity contribution in [1.29, 1.82) is 0 Å². The van der Waals surface area contributed by atoms with Crippen molar-refractivity contribution < 1.29 is 21.5 Å². The van der Waals surface area contributed by atoms with Gasteiger partial charge in [-0.1, -0.05) is 102 Å². The average molecular weight is 441 g/mol. The molecule has 0 aliphatic carbocycles. The zero-order chi connectivity index (χ0) is 19.1. The fraction of sp³-hybridized carbons (Fsp3) is 0.760. The maximum Gasteiger partial charge on any atom is 0.104 e. The summed E-state index contributed by atoms with van der Waals surface area (Å²) < 4.78 is 1.14. The summed E-state index contributed by atoms with van der Waals surface area (Å²) in [5.41, 5.74) is 1.48. The molecule has 0 saturated carbocycles. The topological polar surface area (TPSA) is 0 Å². The van der Waals surface area contributed by atoms with E-state index < -0.39 is 0 Å². The summed E-state index contributed by atoms with van der Waals surface area (Å²) in [6.45, 7) is 5.77. The van der Waals surface area contributed by atoms with E-state index in [1.807, 2.05) is 0 Å². The quantitative estimate of drug-likeness (QED) is 0.257. The normalized spacial score (nSPS) is 12.6. The van der Waals surface area contributed by atoms with Crippen LogP contribution in [0.1, 0.15) is 103 Å². The Morgan fingerprint density at radius 2 is 1.11 bits per heavy atom. The summed E-state index contributed by atoms with van der Waals surface area (Å²) in [5, 5.41) is 0. The molecule has 1 nitrogen and oxygen atoms in total. The van der Waals surface area contributed by atoms with E-state index >= 15 is 0 Å². The molecule has 27 heavy (non-hydrogen) atoms. The van der Waals surface area contributed by atoms with Crippen molar-refractivity contribution in [2.45, 2.75) is 110 Å². The minimum absolute atomic E-state index is 0. The third kappa shape index (κ3) is 12.7. The lowest BCUT2D eigenvalue weighted by Crippen LogP contribution is -3.00. The number of unbranched alkanes of at least 4 members (excludes halogenated alkanes) is 9. The number of hydrogen-bond acceptors (Lipinski definition) is 0. The highest BCUT2D eigenvalue weighted by molar-refractivity contribution is 5.13. The first-order valence-corrected chi connectivity index (χ1v) is 11.5. The average Bonchev–Trinajstić information content (AvgIpc) is 2.63. The molecule has 1 aromatic rings. The van der Waals surface area contributed by atoms with E-state index in [-0.39, 0.29) is 17.0 Å². The van der Waals surface area contributed by atoms with Crippen LogP contribution in [0.4, 0.5) is 0 Å². The third-order valence-corrected chi connectivity index (χ3v) is 5.95. The number of nitrogens with zero attached hydrogens (tertiary/aromatic N) is 1. The Morgan fingerprint density at radius 3 is 1.63 bits per heavy atom. The number of quaternary nitrogens is 1. The van der Waals surface area contributed by atoms with Crippen LogP contribution in [0.5, 0.6) is 0 Å². The second-order valence-corrected chi connectivity index (χ2v) is 8.84. The van der Waals surface area contributed by atoms with Gasteiger partial charge in [0, 0.05) is 5.56 Å². The van der Waals surface area contributed by atoms with Gasteiger partial charge in [-0.3, -0.25) is 0 Å². The highest BCUT2D eigenvalue weighted by Gasteiger charge is 2.27. The van der Waals surface area contributed by atoms with Gasteiger partial charge >= 0.3 is 0 Å². The smallest absolute Gasteiger partial charge is 0.104 e. The van der Waals surface area contributed by atoms with E-state index in [0.29, 0.717) is 0 Å². The highest BCUT2D eigenvalue weighted by Crippen LogP contribution is 2.24. The van der Waals surface area contributed by atoms with Crippen LogP contribution < -0.4 is 17.0 Å². The summed E-state index contributed by atoms with van der Waals surface area (Å²) in [4.78, 5) is 0. The molecule has 0 bridgehead atoms. The van der Waals surface area contributed by atoms with Crippen molar-refractivity contribution in [1.82, 2.24) is 0 Å². The van der Waals surface area contributed by atoms with Crippen molar-refractivity contribution in [2.24, 2.45) is 0 Å². The van der Waals surface area contributed by atoms with Crippen LogP contribution in [0.2, 0.25) is 0 Å². The zero-order valence-corrected chi connectivity index (χ0v) is 20.3. The molecule has 0 spiro atoms. The molecule has 0 saturated heterocycles. The first-order valence-electron chi connectivity index (χ1n) is 11.5. The molecular formula is C25H46BrN. The number of benzene rings is 1. The van der Waals surface area contributed by atoms with Gasteiger partial charge in [-0.2, -0.15) is 0 Å². The lowest BCUT2D eigenvalue weighted by molar-refractivity contribution is -0.928. The molecule has 1 unspecified atom stereocenters. The Labute approximate surface area is 181 Å². The summed E-state index contributed by atoms with van der Waals surface area (Å²) in [6.07, 6.45) is 18.3. The fourth-order valence-corrected chi connectivity index (χ4v) is 4.17. The van der Waals surface area contributed by atoms with Crippen molar-refractivity contribution in [3.8, 4) is 0 Å². The Balaban J connectivity index is 0.00000676. The number of rotatable bonds is 16. The molecule has 1 aromatic carbocycles. The van der Waals surface area contributed by atoms with Crippen LogP contribution in [-0.2, 0) is 6.54 Å². The molecule has 0 radical (unpaired) electrons. The standard InChI is InChI=1S/C25H46N.BrH/c1-5-7-9-11-12-13-18-22-25(21-17-10-8-6-2)26(3,4)23-24-19-15-14-16-20-24;/h14-16,19-20,25H,5-13,17-18,21-23H2,1-4H3;1H/q+1;/p-1. The summed E-state index contributed by atoms with van der Waals surface area (Å²) in [5.74, 6) is 0. The lowest BCUT2D eigenvalue weighted by Gasteiger charge is -2.39. The van der Waals surface area contributed by atoms with Gasteiger partial charge in [0.25, 0.3) is 0 Å². The molecular weight excluding hydrogens is 394 g/mol. The molecule has 1 atom stereocenters. The predicted octanol–water partition coefficient (Wildman–Crippen LogP) is 4.75.